The van der Waals surface area contributed by atoms with Crippen molar-refractivity contribution in [3.63, 3.8) is 0 Å². The smallest absolute Gasteiger partial charge is 0.178 e. The van der Waals surface area contributed by atoms with Crippen LogP contribution < -0.4 is 0 Å². The van der Waals surface area contributed by atoms with Crippen LogP contribution in [0.2, 0.25) is 0 Å². The summed E-state index contributed by atoms with van der Waals surface area (Å²) in [5, 5.41) is 4.49. The Morgan fingerprint density at radius 3 is 1.45 bits per heavy atom. The van der Waals surface area contributed by atoms with Crippen molar-refractivity contribution >= 4 is 89.1 Å². The predicted molar refractivity (Wildman–Crippen MR) is 106 cm³/mol. The Labute approximate surface area is 152 Å². The first-order chi connectivity index (χ1) is 10.7. The fourth-order valence-corrected chi connectivity index (χ4v) is 4.00. The predicted octanol–water partition coefficient (Wildman–Crippen LogP) is 6.69. The Balaban J connectivity index is 2.03. The van der Waals surface area contributed by atoms with E-state index in [1.807, 2.05) is 12.1 Å². The normalized spacial score (nSPS) is 12.1. The van der Waals surface area contributed by atoms with E-state index in [1.54, 1.807) is 0 Å². The van der Waals surface area contributed by atoms with Crippen LogP contribution in [0.25, 0.3) is 43.9 Å². The average Bonchev–Trinajstić information content (AvgIpc) is 3.05. The Bertz CT molecular complexity index is 1100. The third-order valence-corrected chi connectivity index (χ3v) is 5.34. The molecule has 0 atom stereocenters. The number of rotatable bonds is 0. The van der Waals surface area contributed by atoms with Crippen LogP contribution in [0.15, 0.2) is 57.4 Å². The maximum Gasteiger partial charge on any atom is 0.178 e. The lowest BCUT2D eigenvalue weighted by Gasteiger charge is -1.92. The third-order valence-electron chi connectivity index (χ3n) is 4.00. The highest BCUT2D eigenvalue weighted by atomic mass is 127. The van der Waals surface area contributed by atoms with Crippen LogP contribution in [-0.2, 0) is 0 Å². The molecule has 2 heterocycles. The van der Waals surface area contributed by atoms with Crippen molar-refractivity contribution in [2.24, 2.45) is 0 Å². The minimum Gasteiger partial charge on any atom is -0.452 e. The van der Waals surface area contributed by atoms with E-state index >= 15 is 0 Å². The van der Waals surface area contributed by atoms with Crippen molar-refractivity contribution < 1.29 is 8.83 Å². The van der Waals surface area contributed by atoms with Gasteiger partial charge in [0.05, 0.1) is 0 Å². The lowest BCUT2D eigenvalue weighted by Crippen LogP contribution is -1.71. The molecule has 2 aromatic heterocycles. The molecule has 4 heteroatoms. The molecule has 0 radical (unpaired) electrons. The van der Waals surface area contributed by atoms with Gasteiger partial charge >= 0.3 is 0 Å². The van der Waals surface area contributed by atoms with Crippen molar-refractivity contribution in [3.8, 4) is 0 Å². The minimum atomic E-state index is 0.834. The van der Waals surface area contributed by atoms with E-state index in [9.17, 15) is 0 Å². The lowest BCUT2D eigenvalue weighted by molar-refractivity contribution is 0.633. The summed E-state index contributed by atoms with van der Waals surface area (Å²) < 4.78 is 14.6. The van der Waals surface area contributed by atoms with Crippen molar-refractivity contribution in [3.05, 3.63) is 55.7 Å². The van der Waals surface area contributed by atoms with Crippen molar-refractivity contribution in [1.29, 1.82) is 0 Å². The van der Waals surface area contributed by atoms with Crippen LogP contribution in [0, 0.1) is 7.14 Å². The summed E-state index contributed by atoms with van der Waals surface area (Å²) in [5.74, 6) is 0. The van der Waals surface area contributed by atoms with E-state index < -0.39 is 0 Å². The van der Waals surface area contributed by atoms with Crippen molar-refractivity contribution in [1.82, 2.24) is 0 Å². The Morgan fingerprint density at radius 2 is 1.00 bits per heavy atom. The van der Waals surface area contributed by atoms with Gasteiger partial charge in [0.2, 0.25) is 0 Å². The van der Waals surface area contributed by atoms with E-state index in [1.165, 1.54) is 7.14 Å². The van der Waals surface area contributed by atoms with E-state index in [0.717, 1.165) is 43.9 Å². The molecule has 0 aliphatic rings. The van der Waals surface area contributed by atoms with Gasteiger partial charge in [0.25, 0.3) is 0 Å². The lowest BCUT2D eigenvalue weighted by atomic mass is 10.1. The topological polar surface area (TPSA) is 26.3 Å². The molecule has 0 bridgehead atoms. The summed E-state index contributed by atoms with van der Waals surface area (Å²) in [7, 11) is 0. The zero-order valence-corrected chi connectivity index (χ0v) is 15.5. The first-order valence-electron chi connectivity index (χ1n) is 6.83. The molecule has 0 aliphatic heterocycles. The van der Waals surface area contributed by atoms with Crippen LogP contribution in [0.3, 0.4) is 0 Å². The molecule has 0 aliphatic carbocycles. The standard InChI is InChI=1S/C18H8I2O2/c19-9-1-5-15-13(7-9)11-3-4-12-14-8-10(20)2-6-16(14)22-18(12)17(11)21-15/h1-8H. The number of hydrogen-bond donors (Lipinski definition) is 0. The highest BCUT2D eigenvalue weighted by Crippen LogP contribution is 2.39. The fraction of sp³-hybridized carbons (Fsp3) is 0. The largest absolute Gasteiger partial charge is 0.452 e. The molecule has 22 heavy (non-hydrogen) atoms. The second-order valence-corrected chi connectivity index (χ2v) is 7.80. The minimum absolute atomic E-state index is 0.834. The maximum atomic E-state index is 6.08. The van der Waals surface area contributed by atoms with E-state index in [2.05, 4.69) is 81.6 Å². The molecule has 0 fully saturated rings. The van der Waals surface area contributed by atoms with Gasteiger partial charge in [-0.15, -0.1) is 0 Å². The molecule has 5 aromatic rings. The van der Waals surface area contributed by atoms with Crippen LogP contribution in [0.4, 0.5) is 0 Å². The molecule has 0 N–H and O–H groups in total. The summed E-state index contributed by atoms with van der Waals surface area (Å²) in [6, 6.07) is 16.7. The van der Waals surface area contributed by atoms with Crippen LogP contribution in [-0.4, -0.2) is 0 Å². The van der Waals surface area contributed by atoms with Gasteiger partial charge in [-0.1, -0.05) is 0 Å². The SMILES string of the molecule is Ic1ccc2oc3c(ccc4c5cc(I)ccc5oc43)c2c1. The van der Waals surface area contributed by atoms with E-state index in [-0.39, 0.29) is 0 Å². The van der Waals surface area contributed by atoms with Crippen molar-refractivity contribution in [2.45, 2.75) is 0 Å². The molecule has 0 amide bonds. The molecule has 106 valence electrons. The maximum absolute atomic E-state index is 6.08. The Kier molecular flexibility index (Phi) is 2.76. The van der Waals surface area contributed by atoms with Crippen LogP contribution >= 0.6 is 45.2 Å². The summed E-state index contributed by atoms with van der Waals surface area (Å²) in [4.78, 5) is 0. The van der Waals surface area contributed by atoms with E-state index in [0.29, 0.717) is 0 Å². The van der Waals surface area contributed by atoms with Gasteiger partial charge in [-0.2, -0.15) is 0 Å². The highest BCUT2D eigenvalue weighted by Gasteiger charge is 2.15. The first-order valence-corrected chi connectivity index (χ1v) is 8.99. The monoisotopic (exact) mass is 510 g/mol. The van der Waals surface area contributed by atoms with Crippen LogP contribution in [0.1, 0.15) is 0 Å². The van der Waals surface area contributed by atoms with Gasteiger partial charge in [-0.3, -0.25) is 0 Å². The zero-order chi connectivity index (χ0) is 14.8. The molecular formula is C18H8I2O2. The number of benzene rings is 3. The zero-order valence-electron chi connectivity index (χ0n) is 11.2. The Morgan fingerprint density at radius 1 is 0.545 bits per heavy atom. The summed E-state index contributed by atoms with van der Waals surface area (Å²) in [6.07, 6.45) is 0. The molecule has 0 unspecified atom stereocenters. The van der Waals surface area contributed by atoms with Gasteiger partial charge in [0, 0.05) is 28.7 Å². The number of hydrogen-bond acceptors (Lipinski definition) is 2. The van der Waals surface area contributed by atoms with Crippen LogP contribution in [0.5, 0.6) is 0 Å². The second-order valence-electron chi connectivity index (χ2n) is 5.30. The molecule has 5 rings (SSSR count). The van der Waals surface area contributed by atoms with Crippen molar-refractivity contribution in [2.75, 3.05) is 0 Å². The van der Waals surface area contributed by atoms with E-state index in [4.69, 9.17) is 8.83 Å². The highest BCUT2D eigenvalue weighted by molar-refractivity contribution is 14.1. The van der Waals surface area contributed by atoms with Gasteiger partial charge in [-0.05, 0) is 93.7 Å². The summed E-state index contributed by atoms with van der Waals surface area (Å²) in [6.45, 7) is 0. The van der Waals surface area contributed by atoms with Gasteiger partial charge in [0.1, 0.15) is 11.2 Å². The molecule has 0 saturated heterocycles. The van der Waals surface area contributed by atoms with Gasteiger partial charge < -0.3 is 8.83 Å². The molecule has 0 spiro atoms. The fourth-order valence-electron chi connectivity index (χ4n) is 3.01. The quantitative estimate of drug-likeness (QED) is 0.217. The second kappa shape index (κ2) is 4.61. The number of halogens is 2. The number of fused-ring (bicyclic) bond motifs is 7. The molecule has 2 nitrogen and oxygen atoms in total. The molecular weight excluding hydrogens is 502 g/mol. The summed E-state index contributed by atoms with van der Waals surface area (Å²) >= 11 is 4.65. The van der Waals surface area contributed by atoms with Gasteiger partial charge in [0.15, 0.2) is 11.2 Å². The van der Waals surface area contributed by atoms with Gasteiger partial charge in [-0.25, -0.2) is 0 Å². The number of furan rings is 2. The third kappa shape index (κ3) is 1.76. The molecule has 3 aromatic carbocycles. The summed E-state index contributed by atoms with van der Waals surface area (Å²) in [5.41, 5.74) is 3.47. The molecule has 0 saturated carbocycles. The Hall–Kier alpha value is -1.28. The average molecular weight is 510 g/mol. The first kappa shape index (κ1) is 13.2.